The Labute approximate surface area is 103 Å². The molecule has 0 aliphatic rings. The van der Waals surface area contributed by atoms with E-state index in [4.69, 9.17) is 11.6 Å². The molecule has 16 heavy (non-hydrogen) atoms. The van der Waals surface area contributed by atoms with Crippen LogP contribution < -0.4 is 5.32 Å². The predicted octanol–water partition coefficient (Wildman–Crippen LogP) is 2.73. The second-order valence-corrected chi connectivity index (χ2v) is 5.00. The zero-order chi connectivity index (χ0) is 12.1. The van der Waals surface area contributed by atoms with Gasteiger partial charge in [0, 0.05) is 18.8 Å². The van der Waals surface area contributed by atoms with Gasteiger partial charge in [0.2, 0.25) is 0 Å². The molecule has 0 radical (unpaired) electrons. The second-order valence-electron chi connectivity index (χ2n) is 4.59. The minimum Gasteiger partial charge on any atom is -0.365 e. The van der Waals surface area contributed by atoms with Crippen molar-refractivity contribution in [2.75, 3.05) is 26.0 Å². The Morgan fingerprint density at radius 1 is 1.44 bits per heavy atom. The number of hydrogen-bond acceptors (Lipinski definition) is 3. The Morgan fingerprint density at radius 2 is 2.12 bits per heavy atom. The van der Waals surface area contributed by atoms with Gasteiger partial charge in [0.15, 0.2) is 0 Å². The van der Waals surface area contributed by atoms with Crippen LogP contribution in [0.3, 0.4) is 0 Å². The van der Waals surface area contributed by atoms with Crippen LogP contribution in [-0.2, 0) is 0 Å². The monoisotopic (exact) mass is 241 g/mol. The number of halogens is 1. The van der Waals surface area contributed by atoms with Crippen molar-refractivity contribution >= 4 is 17.4 Å². The molecule has 0 aliphatic heterocycles. The maximum Gasteiger partial charge on any atom is 0.145 e. The van der Waals surface area contributed by atoms with Crippen molar-refractivity contribution in [1.82, 2.24) is 9.88 Å². The van der Waals surface area contributed by atoms with E-state index in [1.807, 2.05) is 12.1 Å². The van der Waals surface area contributed by atoms with Crippen molar-refractivity contribution in [3.63, 3.8) is 0 Å². The summed E-state index contributed by atoms with van der Waals surface area (Å²) >= 11 is 6.07. The molecule has 0 fully saturated rings. The molecule has 1 N–H and O–H groups in total. The first-order valence-corrected chi connectivity index (χ1v) is 5.90. The number of pyridine rings is 1. The molecule has 1 atom stereocenters. The van der Waals surface area contributed by atoms with E-state index in [9.17, 15) is 0 Å². The minimum atomic E-state index is 0.349. The standard InChI is InChI=1S/C12H20ClN3/c1-9(2)11(8-16(3)4)15-12-10(13)6-5-7-14-12/h5-7,9,11H,8H2,1-4H3,(H,14,15). The van der Waals surface area contributed by atoms with E-state index >= 15 is 0 Å². The summed E-state index contributed by atoms with van der Waals surface area (Å²) in [6.07, 6.45) is 1.75. The SMILES string of the molecule is CC(C)C(CN(C)C)Nc1ncccc1Cl. The molecule has 90 valence electrons. The Morgan fingerprint density at radius 3 is 2.62 bits per heavy atom. The van der Waals surface area contributed by atoms with E-state index in [0.717, 1.165) is 12.4 Å². The Hall–Kier alpha value is -0.800. The van der Waals surface area contributed by atoms with Gasteiger partial charge in [-0.2, -0.15) is 0 Å². The lowest BCUT2D eigenvalue weighted by atomic mass is 10.0. The van der Waals surface area contributed by atoms with Crippen molar-refractivity contribution in [2.45, 2.75) is 19.9 Å². The lowest BCUT2D eigenvalue weighted by Crippen LogP contribution is -2.36. The number of nitrogens with zero attached hydrogens (tertiary/aromatic N) is 2. The molecule has 1 rings (SSSR count). The van der Waals surface area contributed by atoms with Gasteiger partial charge in [-0.15, -0.1) is 0 Å². The highest BCUT2D eigenvalue weighted by Crippen LogP contribution is 2.20. The van der Waals surface area contributed by atoms with Crippen molar-refractivity contribution < 1.29 is 0 Å². The Balaban J connectivity index is 2.72. The van der Waals surface area contributed by atoms with Crippen molar-refractivity contribution in [2.24, 2.45) is 5.92 Å². The van der Waals surface area contributed by atoms with E-state index in [2.05, 4.69) is 43.1 Å². The summed E-state index contributed by atoms with van der Waals surface area (Å²) in [6, 6.07) is 4.04. The summed E-state index contributed by atoms with van der Waals surface area (Å²) < 4.78 is 0. The van der Waals surface area contributed by atoms with Crippen LogP contribution >= 0.6 is 11.6 Å². The van der Waals surface area contributed by atoms with Gasteiger partial charge in [0.25, 0.3) is 0 Å². The molecule has 0 amide bonds. The minimum absolute atomic E-state index is 0.349. The van der Waals surface area contributed by atoms with Crippen LogP contribution in [0.15, 0.2) is 18.3 Å². The summed E-state index contributed by atoms with van der Waals surface area (Å²) in [5, 5.41) is 4.07. The van der Waals surface area contributed by atoms with E-state index in [-0.39, 0.29) is 0 Å². The van der Waals surface area contributed by atoms with Gasteiger partial charge in [-0.05, 0) is 32.1 Å². The van der Waals surface area contributed by atoms with Crippen LogP contribution in [0.5, 0.6) is 0 Å². The van der Waals surface area contributed by atoms with Gasteiger partial charge < -0.3 is 10.2 Å². The van der Waals surface area contributed by atoms with E-state index in [0.29, 0.717) is 17.0 Å². The fraction of sp³-hybridized carbons (Fsp3) is 0.583. The predicted molar refractivity (Wildman–Crippen MR) is 70.0 cm³/mol. The number of likely N-dealkylation sites (N-methyl/N-ethyl adjacent to an activating group) is 1. The third-order valence-corrected chi connectivity index (χ3v) is 2.75. The highest BCUT2D eigenvalue weighted by Gasteiger charge is 2.15. The first-order valence-electron chi connectivity index (χ1n) is 5.52. The van der Waals surface area contributed by atoms with Gasteiger partial charge in [-0.25, -0.2) is 4.98 Å². The summed E-state index contributed by atoms with van der Waals surface area (Å²) in [6.45, 7) is 5.35. The average molecular weight is 242 g/mol. The van der Waals surface area contributed by atoms with E-state index < -0.39 is 0 Å². The molecule has 0 bridgehead atoms. The van der Waals surface area contributed by atoms with Gasteiger partial charge >= 0.3 is 0 Å². The molecule has 1 aromatic heterocycles. The number of aromatic nitrogens is 1. The van der Waals surface area contributed by atoms with Crippen LogP contribution in [0.25, 0.3) is 0 Å². The smallest absolute Gasteiger partial charge is 0.145 e. The van der Waals surface area contributed by atoms with Crippen LogP contribution in [0, 0.1) is 5.92 Å². The normalized spacial score (nSPS) is 13.2. The molecule has 1 aromatic rings. The Bertz CT molecular complexity index is 326. The molecular formula is C12H20ClN3. The fourth-order valence-corrected chi connectivity index (χ4v) is 1.66. The highest BCUT2D eigenvalue weighted by atomic mass is 35.5. The molecule has 0 spiro atoms. The third-order valence-electron chi connectivity index (χ3n) is 2.45. The van der Waals surface area contributed by atoms with Gasteiger partial charge in [-0.1, -0.05) is 25.4 Å². The summed E-state index contributed by atoms with van der Waals surface area (Å²) in [7, 11) is 4.13. The van der Waals surface area contributed by atoms with Crippen molar-refractivity contribution in [3.8, 4) is 0 Å². The van der Waals surface area contributed by atoms with Crippen molar-refractivity contribution in [1.29, 1.82) is 0 Å². The van der Waals surface area contributed by atoms with Gasteiger partial charge in [0.1, 0.15) is 5.82 Å². The van der Waals surface area contributed by atoms with E-state index in [1.165, 1.54) is 0 Å². The molecule has 4 heteroatoms. The first kappa shape index (κ1) is 13.3. The average Bonchev–Trinajstić information content (AvgIpc) is 2.19. The highest BCUT2D eigenvalue weighted by molar-refractivity contribution is 6.32. The van der Waals surface area contributed by atoms with Crippen molar-refractivity contribution in [3.05, 3.63) is 23.4 Å². The van der Waals surface area contributed by atoms with Crippen LogP contribution in [-0.4, -0.2) is 36.6 Å². The van der Waals surface area contributed by atoms with Gasteiger partial charge in [-0.3, -0.25) is 0 Å². The van der Waals surface area contributed by atoms with Crippen LogP contribution in [0.4, 0.5) is 5.82 Å². The number of hydrogen-bond donors (Lipinski definition) is 1. The summed E-state index contributed by atoms with van der Waals surface area (Å²) in [5.74, 6) is 1.30. The second kappa shape index (κ2) is 6.06. The number of nitrogens with one attached hydrogen (secondary N) is 1. The molecule has 3 nitrogen and oxygen atoms in total. The number of rotatable bonds is 5. The molecular weight excluding hydrogens is 222 g/mol. The summed E-state index contributed by atoms with van der Waals surface area (Å²) in [5.41, 5.74) is 0. The van der Waals surface area contributed by atoms with Crippen LogP contribution in [0.1, 0.15) is 13.8 Å². The molecule has 1 unspecified atom stereocenters. The maximum absolute atomic E-state index is 6.07. The number of anilines is 1. The third kappa shape index (κ3) is 3.99. The first-order chi connectivity index (χ1) is 7.50. The topological polar surface area (TPSA) is 28.2 Å². The van der Waals surface area contributed by atoms with Gasteiger partial charge in [0.05, 0.1) is 5.02 Å². The molecule has 1 heterocycles. The zero-order valence-corrected chi connectivity index (χ0v) is 11.1. The Kier molecular flexibility index (Phi) is 5.03. The fourth-order valence-electron chi connectivity index (χ4n) is 1.48. The lowest BCUT2D eigenvalue weighted by molar-refractivity contribution is 0.344. The molecule has 0 aromatic carbocycles. The molecule has 0 aliphatic carbocycles. The molecule has 0 saturated heterocycles. The zero-order valence-electron chi connectivity index (χ0n) is 10.4. The molecule has 0 saturated carbocycles. The summed E-state index contributed by atoms with van der Waals surface area (Å²) in [4.78, 5) is 6.41. The maximum atomic E-state index is 6.07. The van der Waals surface area contributed by atoms with Crippen LogP contribution in [0.2, 0.25) is 5.02 Å². The largest absolute Gasteiger partial charge is 0.365 e. The van der Waals surface area contributed by atoms with E-state index in [1.54, 1.807) is 6.20 Å². The lowest BCUT2D eigenvalue weighted by Gasteiger charge is -2.26. The quantitative estimate of drug-likeness (QED) is 0.859.